The minimum atomic E-state index is -0.101. The van der Waals surface area contributed by atoms with Crippen molar-refractivity contribution < 1.29 is 14.3 Å². The van der Waals surface area contributed by atoms with E-state index in [9.17, 15) is 9.59 Å². The molecule has 4 heterocycles. The van der Waals surface area contributed by atoms with E-state index in [1.54, 1.807) is 28.0 Å². The van der Waals surface area contributed by atoms with Crippen LogP contribution in [0, 0.1) is 6.92 Å². The van der Waals surface area contributed by atoms with Gasteiger partial charge in [-0.05, 0) is 49.9 Å². The van der Waals surface area contributed by atoms with E-state index < -0.39 is 0 Å². The Balaban J connectivity index is 1.55. The summed E-state index contributed by atoms with van der Waals surface area (Å²) >= 11 is 3.28. The van der Waals surface area contributed by atoms with Crippen LogP contribution >= 0.6 is 23.1 Å². The number of aromatic nitrogens is 2. The predicted molar refractivity (Wildman–Crippen MR) is 161 cm³/mol. The molecule has 6 rings (SSSR count). The number of hydrogen-bond donors (Lipinski definition) is 0. The number of hydrogen-bond acceptors (Lipinski definition) is 6. The number of nitrogens with zero attached hydrogens (tertiary/aromatic N) is 4. The molecular formula is C31H32N4O3S2. The second-order valence-electron chi connectivity index (χ2n) is 10.4. The SMILES string of the molecule is Cc1cccc(-n2nc(-c3ccccc3)c3c2N(CC(=O)N2CC(C)OC(C)C2)C(=O)CSC3c2cccs2)c1. The van der Waals surface area contributed by atoms with E-state index in [1.807, 2.05) is 72.8 Å². The second kappa shape index (κ2) is 11.2. The minimum absolute atomic E-state index is 0.0469. The first-order chi connectivity index (χ1) is 19.4. The smallest absolute Gasteiger partial charge is 0.242 e. The van der Waals surface area contributed by atoms with E-state index in [1.165, 1.54) is 0 Å². The van der Waals surface area contributed by atoms with Crippen LogP contribution < -0.4 is 4.90 Å². The Hall–Kier alpha value is -3.40. The molecule has 2 aliphatic heterocycles. The van der Waals surface area contributed by atoms with Crippen LogP contribution in [0.4, 0.5) is 5.82 Å². The molecule has 0 bridgehead atoms. The third-order valence-corrected chi connectivity index (χ3v) is 9.57. The number of carbonyl (C=O) groups excluding carboxylic acids is 2. The van der Waals surface area contributed by atoms with Gasteiger partial charge in [0.05, 0.1) is 34.6 Å². The highest BCUT2D eigenvalue weighted by Gasteiger charge is 2.39. The van der Waals surface area contributed by atoms with E-state index >= 15 is 0 Å². The molecule has 0 radical (unpaired) electrons. The van der Waals surface area contributed by atoms with Crippen LogP contribution in [0.2, 0.25) is 0 Å². The lowest BCUT2D eigenvalue weighted by Gasteiger charge is -2.36. The fourth-order valence-corrected chi connectivity index (χ4v) is 7.73. The zero-order chi connectivity index (χ0) is 27.8. The summed E-state index contributed by atoms with van der Waals surface area (Å²) in [5.74, 6) is 0.754. The number of amides is 2. The molecule has 0 aliphatic carbocycles. The maximum absolute atomic E-state index is 13.9. The van der Waals surface area contributed by atoms with Gasteiger partial charge in [-0.2, -0.15) is 5.10 Å². The van der Waals surface area contributed by atoms with Crippen molar-refractivity contribution in [2.75, 3.05) is 30.3 Å². The van der Waals surface area contributed by atoms with E-state index in [-0.39, 0.29) is 41.6 Å². The van der Waals surface area contributed by atoms with Gasteiger partial charge in [0.1, 0.15) is 12.4 Å². The quantitative estimate of drug-likeness (QED) is 0.306. The van der Waals surface area contributed by atoms with Gasteiger partial charge in [0, 0.05) is 29.1 Å². The monoisotopic (exact) mass is 572 g/mol. The van der Waals surface area contributed by atoms with Crippen LogP contribution in [0.3, 0.4) is 0 Å². The summed E-state index contributed by atoms with van der Waals surface area (Å²) in [7, 11) is 0. The van der Waals surface area contributed by atoms with E-state index in [0.717, 1.165) is 32.9 Å². The molecule has 40 heavy (non-hydrogen) atoms. The molecule has 9 heteroatoms. The van der Waals surface area contributed by atoms with Gasteiger partial charge in [-0.15, -0.1) is 23.1 Å². The van der Waals surface area contributed by atoms with Gasteiger partial charge in [0.25, 0.3) is 0 Å². The molecule has 0 saturated carbocycles. The lowest BCUT2D eigenvalue weighted by molar-refractivity contribution is -0.142. The third kappa shape index (κ3) is 5.21. The maximum atomic E-state index is 13.9. The number of anilines is 1. The first-order valence-electron chi connectivity index (χ1n) is 13.5. The number of fused-ring (bicyclic) bond motifs is 1. The number of benzene rings is 2. The molecule has 7 nitrogen and oxygen atoms in total. The Kier molecular flexibility index (Phi) is 7.53. The Morgan fingerprint density at radius 3 is 2.50 bits per heavy atom. The van der Waals surface area contributed by atoms with Crippen molar-refractivity contribution in [1.82, 2.24) is 14.7 Å². The average molecular weight is 573 g/mol. The van der Waals surface area contributed by atoms with Crippen molar-refractivity contribution in [2.45, 2.75) is 38.2 Å². The molecule has 2 aromatic carbocycles. The standard InChI is InChI=1S/C31H32N4O3S2/c1-20-9-7-12-24(15-20)35-31-28(29(32-35)23-10-5-4-6-11-23)30(25-13-8-14-39-25)40-19-27(37)34(31)18-26(36)33-16-21(2)38-22(3)17-33/h4-15,21-22,30H,16-19H2,1-3H3. The minimum Gasteiger partial charge on any atom is -0.372 e. The molecule has 2 aromatic heterocycles. The zero-order valence-corrected chi connectivity index (χ0v) is 24.5. The fraction of sp³-hybridized carbons (Fsp3) is 0.323. The lowest BCUT2D eigenvalue weighted by atomic mass is 10.0. The van der Waals surface area contributed by atoms with Crippen LogP contribution in [-0.2, 0) is 14.3 Å². The van der Waals surface area contributed by atoms with E-state index in [4.69, 9.17) is 9.84 Å². The van der Waals surface area contributed by atoms with Gasteiger partial charge in [0.15, 0.2) is 0 Å². The Labute approximate surface area is 242 Å². The summed E-state index contributed by atoms with van der Waals surface area (Å²) in [4.78, 5) is 32.3. The fourth-order valence-electron chi connectivity index (χ4n) is 5.55. The Morgan fingerprint density at radius 2 is 1.80 bits per heavy atom. The molecule has 1 saturated heterocycles. The Morgan fingerprint density at radius 1 is 1.02 bits per heavy atom. The first-order valence-corrected chi connectivity index (χ1v) is 15.5. The molecule has 206 valence electrons. The van der Waals surface area contributed by atoms with Crippen LogP contribution in [0.5, 0.6) is 0 Å². The highest BCUT2D eigenvalue weighted by atomic mass is 32.2. The predicted octanol–water partition coefficient (Wildman–Crippen LogP) is 5.71. The summed E-state index contributed by atoms with van der Waals surface area (Å²) in [5, 5.41) is 7.14. The molecule has 0 N–H and O–H groups in total. The normalized spacial score (nSPS) is 21.3. The van der Waals surface area contributed by atoms with Crippen LogP contribution in [0.1, 0.15) is 35.1 Å². The van der Waals surface area contributed by atoms with Crippen LogP contribution in [-0.4, -0.2) is 64.1 Å². The van der Waals surface area contributed by atoms with E-state index in [0.29, 0.717) is 18.9 Å². The molecule has 2 aliphatic rings. The summed E-state index contributed by atoms with van der Waals surface area (Å²) in [6, 6.07) is 22.4. The van der Waals surface area contributed by atoms with Crippen molar-refractivity contribution in [3.05, 3.63) is 88.1 Å². The number of ether oxygens (including phenoxy) is 1. The average Bonchev–Trinajstić information content (AvgIpc) is 3.58. The summed E-state index contributed by atoms with van der Waals surface area (Å²) < 4.78 is 7.73. The second-order valence-corrected chi connectivity index (χ2v) is 12.5. The van der Waals surface area contributed by atoms with Gasteiger partial charge in [0.2, 0.25) is 11.8 Å². The van der Waals surface area contributed by atoms with Crippen LogP contribution in [0.15, 0.2) is 72.1 Å². The molecule has 3 atom stereocenters. The highest BCUT2D eigenvalue weighted by molar-refractivity contribution is 8.00. The van der Waals surface area contributed by atoms with Crippen molar-refractivity contribution in [3.63, 3.8) is 0 Å². The van der Waals surface area contributed by atoms with Crippen molar-refractivity contribution in [2.24, 2.45) is 0 Å². The molecule has 0 spiro atoms. The largest absolute Gasteiger partial charge is 0.372 e. The summed E-state index contributed by atoms with van der Waals surface area (Å²) in [6.07, 6.45) is -0.103. The van der Waals surface area contributed by atoms with Crippen molar-refractivity contribution in [1.29, 1.82) is 0 Å². The number of morpholine rings is 1. The number of aryl methyl sites for hydroxylation is 1. The lowest BCUT2D eigenvalue weighted by Crippen LogP contribution is -2.52. The zero-order valence-electron chi connectivity index (χ0n) is 22.8. The molecule has 4 aromatic rings. The number of thiophene rings is 1. The van der Waals surface area contributed by atoms with Gasteiger partial charge in [-0.3, -0.25) is 14.5 Å². The van der Waals surface area contributed by atoms with Crippen molar-refractivity contribution >= 4 is 40.7 Å². The molecule has 3 unspecified atom stereocenters. The highest BCUT2D eigenvalue weighted by Crippen LogP contribution is 2.49. The van der Waals surface area contributed by atoms with Gasteiger partial charge >= 0.3 is 0 Å². The van der Waals surface area contributed by atoms with Gasteiger partial charge in [-0.25, -0.2) is 4.68 Å². The number of carbonyl (C=O) groups is 2. The van der Waals surface area contributed by atoms with Gasteiger partial charge in [-0.1, -0.05) is 48.5 Å². The topological polar surface area (TPSA) is 67.7 Å². The van der Waals surface area contributed by atoms with Crippen molar-refractivity contribution in [3.8, 4) is 16.9 Å². The summed E-state index contributed by atoms with van der Waals surface area (Å²) in [6.45, 7) is 6.97. The van der Waals surface area contributed by atoms with Gasteiger partial charge < -0.3 is 9.64 Å². The number of thioether (sulfide) groups is 1. The molecule has 2 amide bonds. The molecular weight excluding hydrogens is 541 g/mol. The third-order valence-electron chi connectivity index (χ3n) is 7.25. The maximum Gasteiger partial charge on any atom is 0.242 e. The number of rotatable bonds is 5. The Bertz CT molecular complexity index is 1510. The summed E-state index contributed by atoms with van der Waals surface area (Å²) in [5.41, 5.74) is 4.70. The first kappa shape index (κ1) is 26.8. The molecule has 1 fully saturated rings. The van der Waals surface area contributed by atoms with E-state index in [2.05, 4.69) is 29.6 Å². The van der Waals surface area contributed by atoms with Crippen LogP contribution in [0.25, 0.3) is 16.9 Å².